The molecule has 1 aromatic heterocycles. The van der Waals surface area contributed by atoms with Crippen molar-refractivity contribution in [3.63, 3.8) is 0 Å². The van der Waals surface area contributed by atoms with Gasteiger partial charge in [0.05, 0.1) is 12.7 Å². The van der Waals surface area contributed by atoms with Gasteiger partial charge in [-0.15, -0.1) is 0 Å². The highest BCUT2D eigenvalue weighted by Crippen LogP contribution is 2.18. The number of nitrogens with zero attached hydrogens (tertiary/aromatic N) is 1. The van der Waals surface area contributed by atoms with E-state index in [9.17, 15) is 5.11 Å². The predicted molar refractivity (Wildman–Crippen MR) is 71.6 cm³/mol. The van der Waals surface area contributed by atoms with Crippen LogP contribution in [0, 0.1) is 0 Å². The van der Waals surface area contributed by atoms with Crippen molar-refractivity contribution in [1.29, 1.82) is 0 Å². The van der Waals surface area contributed by atoms with Crippen LogP contribution in [0.25, 0.3) is 0 Å². The third-order valence-corrected chi connectivity index (χ3v) is 2.85. The van der Waals surface area contributed by atoms with Gasteiger partial charge in [-0.3, -0.25) is 0 Å². The fourth-order valence-corrected chi connectivity index (χ4v) is 1.81. The van der Waals surface area contributed by atoms with Crippen molar-refractivity contribution < 1.29 is 14.6 Å². The zero-order valence-electron chi connectivity index (χ0n) is 11.5. The van der Waals surface area contributed by atoms with E-state index in [0.29, 0.717) is 6.61 Å². The molecule has 1 unspecified atom stereocenters. The Morgan fingerprint density at radius 1 is 1.33 bits per heavy atom. The normalized spacial score (nSPS) is 12.8. The van der Waals surface area contributed by atoms with Crippen LogP contribution >= 0.6 is 0 Å². The first-order valence-electron chi connectivity index (χ1n) is 6.68. The molecule has 0 saturated heterocycles. The van der Waals surface area contributed by atoms with Crippen molar-refractivity contribution in [2.24, 2.45) is 0 Å². The van der Waals surface area contributed by atoms with E-state index in [0.717, 1.165) is 44.6 Å². The van der Waals surface area contributed by atoms with Crippen LogP contribution in [0.3, 0.4) is 0 Å². The zero-order valence-corrected chi connectivity index (χ0v) is 11.5. The number of aliphatic hydroxyl groups is 1. The maximum absolute atomic E-state index is 9.84. The fraction of sp³-hybridized carbons (Fsp3) is 0.714. The second kappa shape index (κ2) is 9.14. The molecule has 4 nitrogen and oxygen atoms in total. The summed E-state index contributed by atoms with van der Waals surface area (Å²) in [6, 6.07) is 1.98. The number of methoxy groups -OCH3 is 1. The van der Waals surface area contributed by atoms with Gasteiger partial charge >= 0.3 is 0 Å². The van der Waals surface area contributed by atoms with Crippen molar-refractivity contribution in [3.8, 4) is 0 Å². The molecule has 0 amide bonds. The molecule has 0 aliphatic heterocycles. The van der Waals surface area contributed by atoms with E-state index in [1.165, 1.54) is 0 Å². The Balaban J connectivity index is 2.19. The third kappa shape index (κ3) is 5.67. The van der Waals surface area contributed by atoms with E-state index in [1.807, 2.05) is 18.5 Å². The Hall–Kier alpha value is -0.840. The van der Waals surface area contributed by atoms with E-state index in [-0.39, 0.29) is 6.10 Å². The lowest BCUT2D eigenvalue weighted by Gasteiger charge is -2.07. The van der Waals surface area contributed by atoms with Crippen LogP contribution in [0.15, 0.2) is 18.5 Å². The van der Waals surface area contributed by atoms with Gasteiger partial charge in [0.15, 0.2) is 0 Å². The average Bonchev–Trinajstić information content (AvgIpc) is 2.83. The molecular weight excluding hydrogens is 230 g/mol. The SMILES string of the molecule is CCCC(O)c1ccn(CCOCCCOC)c1. The number of ether oxygens (including phenoxy) is 2. The van der Waals surface area contributed by atoms with Crippen LogP contribution in [0.2, 0.25) is 0 Å². The molecule has 0 radical (unpaired) electrons. The Labute approximate surface area is 110 Å². The molecule has 1 N–H and O–H groups in total. The van der Waals surface area contributed by atoms with Crippen molar-refractivity contribution in [2.75, 3.05) is 26.9 Å². The number of rotatable bonds is 10. The summed E-state index contributed by atoms with van der Waals surface area (Å²) in [7, 11) is 1.70. The molecule has 104 valence electrons. The second-order valence-electron chi connectivity index (χ2n) is 4.45. The topological polar surface area (TPSA) is 43.6 Å². The molecule has 0 fully saturated rings. The summed E-state index contributed by atoms with van der Waals surface area (Å²) in [5, 5.41) is 9.84. The van der Waals surface area contributed by atoms with Crippen LogP contribution in [0.4, 0.5) is 0 Å². The van der Waals surface area contributed by atoms with Crippen LogP contribution in [-0.4, -0.2) is 36.6 Å². The van der Waals surface area contributed by atoms with E-state index < -0.39 is 0 Å². The lowest BCUT2D eigenvalue weighted by molar-refractivity contribution is 0.0976. The van der Waals surface area contributed by atoms with Crippen LogP contribution in [0.5, 0.6) is 0 Å². The summed E-state index contributed by atoms with van der Waals surface area (Å²) in [6.07, 6.45) is 6.40. The van der Waals surface area contributed by atoms with Crippen molar-refractivity contribution in [2.45, 2.75) is 38.8 Å². The number of aromatic nitrogens is 1. The molecule has 4 heteroatoms. The van der Waals surface area contributed by atoms with Gasteiger partial charge < -0.3 is 19.1 Å². The molecule has 1 heterocycles. The minimum atomic E-state index is -0.334. The zero-order chi connectivity index (χ0) is 13.2. The van der Waals surface area contributed by atoms with E-state index in [4.69, 9.17) is 9.47 Å². The van der Waals surface area contributed by atoms with Gasteiger partial charge in [0.2, 0.25) is 0 Å². The molecular formula is C14H25NO3. The smallest absolute Gasteiger partial charge is 0.0804 e. The average molecular weight is 255 g/mol. The Kier molecular flexibility index (Phi) is 7.73. The summed E-state index contributed by atoms with van der Waals surface area (Å²) >= 11 is 0. The highest BCUT2D eigenvalue weighted by Gasteiger charge is 2.07. The molecule has 18 heavy (non-hydrogen) atoms. The summed E-state index contributed by atoms with van der Waals surface area (Å²) in [5.41, 5.74) is 0.997. The molecule has 0 aliphatic carbocycles. The highest BCUT2D eigenvalue weighted by molar-refractivity contribution is 5.13. The molecule has 0 bridgehead atoms. The predicted octanol–water partition coefficient (Wildman–Crippen LogP) is 2.37. The van der Waals surface area contributed by atoms with E-state index in [1.54, 1.807) is 7.11 Å². The molecule has 0 aromatic carbocycles. The standard InChI is InChI=1S/C14H25NO3/c1-3-5-14(16)13-6-7-15(12-13)8-11-18-10-4-9-17-2/h6-7,12,14,16H,3-5,8-11H2,1-2H3. The molecule has 1 aromatic rings. The first kappa shape index (κ1) is 15.2. The molecule has 1 atom stereocenters. The summed E-state index contributed by atoms with van der Waals surface area (Å²) in [4.78, 5) is 0. The van der Waals surface area contributed by atoms with Gasteiger partial charge in [0, 0.05) is 39.3 Å². The van der Waals surface area contributed by atoms with E-state index >= 15 is 0 Å². The van der Waals surface area contributed by atoms with Crippen LogP contribution in [-0.2, 0) is 16.0 Å². The summed E-state index contributed by atoms with van der Waals surface area (Å²) < 4.78 is 12.5. The fourth-order valence-electron chi connectivity index (χ4n) is 1.81. The first-order chi connectivity index (χ1) is 8.77. The van der Waals surface area contributed by atoms with Gasteiger partial charge in [0.1, 0.15) is 0 Å². The maximum atomic E-state index is 9.84. The summed E-state index contributed by atoms with van der Waals surface area (Å²) in [6.45, 7) is 5.08. The van der Waals surface area contributed by atoms with Gasteiger partial charge in [-0.2, -0.15) is 0 Å². The Bertz CT molecular complexity index is 312. The van der Waals surface area contributed by atoms with Gasteiger partial charge in [0.25, 0.3) is 0 Å². The highest BCUT2D eigenvalue weighted by atomic mass is 16.5. The van der Waals surface area contributed by atoms with Crippen LogP contribution in [0.1, 0.15) is 37.9 Å². The van der Waals surface area contributed by atoms with Gasteiger partial charge in [-0.1, -0.05) is 13.3 Å². The molecule has 0 saturated carbocycles. The monoisotopic (exact) mass is 255 g/mol. The second-order valence-corrected chi connectivity index (χ2v) is 4.45. The first-order valence-corrected chi connectivity index (χ1v) is 6.68. The number of aliphatic hydroxyl groups excluding tert-OH is 1. The lowest BCUT2D eigenvalue weighted by Crippen LogP contribution is -2.06. The quantitative estimate of drug-likeness (QED) is 0.653. The Morgan fingerprint density at radius 2 is 2.17 bits per heavy atom. The summed E-state index contributed by atoms with van der Waals surface area (Å²) in [5.74, 6) is 0. The minimum Gasteiger partial charge on any atom is -0.388 e. The molecule has 0 aliphatic rings. The largest absolute Gasteiger partial charge is 0.388 e. The third-order valence-electron chi connectivity index (χ3n) is 2.85. The lowest BCUT2D eigenvalue weighted by atomic mass is 10.1. The van der Waals surface area contributed by atoms with Gasteiger partial charge in [-0.25, -0.2) is 0 Å². The molecule has 0 spiro atoms. The van der Waals surface area contributed by atoms with Crippen molar-refractivity contribution in [1.82, 2.24) is 4.57 Å². The number of hydrogen-bond acceptors (Lipinski definition) is 3. The van der Waals surface area contributed by atoms with Gasteiger partial charge in [-0.05, 0) is 24.5 Å². The number of hydrogen-bond donors (Lipinski definition) is 1. The molecule has 1 rings (SSSR count). The maximum Gasteiger partial charge on any atom is 0.0804 e. The van der Waals surface area contributed by atoms with Crippen LogP contribution < -0.4 is 0 Å². The van der Waals surface area contributed by atoms with E-state index in [2.05, 4.69) is 11.5 Å². The van der Waals surface area contributed by atoms with Crippen molar-refractivity contribution >= 4 is 0 Å². The van der Waals surface area contributed by atoms with Crippen molar-refractivity contribution in [3.05, 3.63) is 24.0 Å². The Morgan fingerprint density at radius 3 is 2.89 bits per heavy atom. The minimum absolute atomic E-state index is 0.334.